The number of rotatable bonds is 9. The molecule has 3 rings (SSSR count). The topological polar surface area (TPSA) is 55.3 Å². The molecule has 0 spiro atoms. The van der Waals surface area contributed by atoms with E-state index >= 15 is 0 Å². The summed E-state index contributed by atoms with van der Waals surface area (Å²) in [7, 11) is 0. The molecular weight excluding hydrogens is 390 g/mol. The van der Waals surface area contributed by atoms with Crippen LogP contribution < -0.4 is 4.74 Å². The van der Waals surface area contributed by atoms with Crippen LogP contribution in [-0.4, -0.2) is 46.2 Å². The molecule has 1 amide bonds. The lowest BCUT2D eigenvalue weighted by Crippen LogP contribution is -2.30. The maximum absolute atomic E-state index is 12.3. The minimum Gasteiger partial charge on any atom is -0.494 e. The summed E-state index contributed by atoms with van der Waals surface area (Å²) in [6, 6.07) is 8.11. The highest BCUT2D eigenvalue weighted by molar-refractivity contribution is 7.99. The third-order valence-corrected chi connectivity index (χ3v) is 6.36. The quantitative estimate of drug-likeness (QED) is 0.359. The van der Waals surface area contributed by atoms with Gasteiger partial charge >= 0.3 is 0 Å². The van der Waals surface area contributed by atoms with E-state index in [1.54, 1.807) is 29.4 Å². The summed E-state index contributed by atoms with van der Waals surface area (Å²) in [6.07, 6.45) is 2.12. The summed E-state index contributed by atoms with van der Waals surface area (Å²) in [5.41, 5.74) is 2.24. The van der Waals surface area contributed by atoms with Gasteiger partial charge in [0.25, 0.3) is 0 Å². The van der Waals surface area contributed by atoms with Gasteiger partial charge < -0.3 is 9.64 Å². The van der Waals surface area contributed by atoms with Crippen LogP contribution in [0.1, 0.15) is 27.2 Å². The van der Waals surface area contributed by atoms with Gasteiger partial charge in [-0.25, -0.2) is 9.97 Å². The minimum atomic E-state index is 0.194. The van der Waals surface area contributed by atoms with Crippen molar-refractivity contribution in [1.82, 2.24) is 14.9 Å². The molecule has 2 heterocycles. The van der Waals surface area contributed by atoms with Crippen LogP contribution in [0.3, 0.4) is 0 Å². The van der Waals surface area contributed by atoms with E-state index in [9.17, 15) is 4.79 Å². The van der Waals surface area contributed by atoms with Gasteiger partial charge in [0, 0.05) is 36.2 Å². The highest BCUT2D eigenvalue weighted by Gasteiger charge is 2.15. The lowest BCUT2D eigenvalue weighted by Gasteiger charge is -2.18. The number of nitrogens with zero attached hydrogens (tertiary/aromatic N) is 3. The van der Waals surface area contributed by atoms with Crippen LogP contribution in [0.5, 0.6) is 5.75 Å². The van der Waals surface area contributed by atoms with Crippen LogP contribution in [0.15, 0.2) is 41.0 Å². The number of carbonyl (C=O) groups is 1. The van der Waals surface area contributed by atoms with E-state index in [-0.39, 0.29) is 5.91 Å². The summed E-state index contributed by atoms with van der Waals surface area (Å²) in [4.78, 5) is 24.0. The van der Waals surface area contributed by atoms with Crippen molar-refractivity contribution >= 4 is 39.2 Å². The zero-order valence-corrected chi connectivity index (χ0v) is 18.1. The van der Waals surface area contributed by atoms with Gasteiger partial charge in [0.2, 0.25) is 5.91 Å². The van der Waals surface area contributed by atoms with Crippen LogP contribution >= 0.6 is 23.1 Å². The number of hydrogen-bond acceptors (Lipinski definition) is 6. The number of hydrogen-bond donors (Lipinski definition) is 0. The van der Waals surface area contributed by atoms with E-state index < -0.39 is 0 Å². The average Bonchev–Trinajstić information content (AvgIpc) is 3.15. The molecule has 0 aliphatic carbocycles. The molecule has 0 saturated heterocycles. The molecule has 0 radical (unpaired) electrons. The first-order chi connectivity index (χ1) is 13.7. The molecular formula is C21H25N3O2S2. The summed E-state index contributed by atoms with van der Waals surface area (Å²) in [5.74, 6) is 1.77. The number of thiophene rings is 1. The van der Waals surface area contributed by atoms with Crippen LogP contribution in [0, 0.1) is 0 Å². The molecule has 28 heavy (non-hydrogen) atoms. The Morgan fingerprint density at radius 1 is 1.14 bits per heavy atom. The number of fused-ring (bicyclic) bond motifs is 1. The van der Waals surface area contributed by atoms with Gasteiger partial charge in [0.05, 0.1) is 12.0 Å². The molecule has 148 valence electrons. The zero-order valence-electron chi connectivity index (χ0n) is 16.5. The fourth-order valence-electron chi connectivity index (χ4n) is 3.04. The SMILES string of the molecule is CCOc1ccc(-c2csc3ncnc(SCCC(=O)N(CC)CC)c23)cc1. The Morgan fingerprint density at radius 3 is 2.57 bits per heavy atom. The van der Waals surface area contributed by atoms with E-state index in [0.717, 1.165) is 45.2 Å². The zero-order chi connectivity index (χ0) is 19.9. The van der Waals surface area contributed by atoms with Gasteiger partial charge in [-0.2, -0.15) is 0 Å². The number of aromatic nitrogens is 2. The lowest BCUT2D eigenvalue weighted by atomic mass is 10.1. The van der Waals surface area contributed by atoms with Crippen molar-refractivity contribution in [2.24, 2.45) is 0 Å². The van der Waals surface area contributed by atoms with Crippen LogP contribution in [0.25, 0.3) is 21.3 Å². The fraction of sp³-hybridized carbons (Fsp3) is 0.381. The molecule has 0 bridgehead atoms. The van der Waals surface area contributed by atoms with Crippen molar-refractivity contribution in [3.05, 3.63) is 36.0 Å². The van der Waals surface area contributed by atoms with E-state index in [1.807, 2.05) is 37.8 Å². The van der Waals surface area contributed by atoms with Crippen molar-refractivity contribution < 1.29 is 9.53 Å². The molecule has 0 fully saturated rings. The number of carbonyl (C=O) groups excluding carboxylic acids is 1. The Balaban J connectivity index is 1.80. The van der Waals surface area contributed by atoms with Crippen LogP contribution in [0.4, 0.5) is 0 Å². The molecule has 0 N–H and O–H groups in total. The van der Waals surface area contributed by atoms with Gasteiger partial charge in [-0.05, 0) is 38.5 Å². The average molecular weight is 416 g/mol. The molecule has 5 nitrogen and oxygen atoms in total. The fourth-order valence-corrected chi connectivity index (χ4v) is 4.96. The molecule has 0 aliphatic heterocycles. The first-order valence-corrected chi connectivity index (χ1v) is 11.4. The first-order valence-electron chi connectivity index (χ1n) is 9.53. The van der Waals surface area contributed by atoms with E-state index in [2.05, 4.69) is 27.5 Å². The Kier molecular flexibility index (Phi) is 7.28. The van der Waals surface area contributed by atoms with Crippen LogP contribution in [0.2, 0.25) is 0 Å². The molecule has 3 aromatic rings. The van der Waals surface area contributed by atoms with Crippen molar-refractivity contribution in [2.75, 3.05) is 25.4 Å². The standard InChI is InChI=1S/C21H25N3O2S2/c1-4-24(5-2)18(25)11-12-27-20-19-17(13-28-21(19)23-14-22-20)15-7-9-16(10-8-15)26-6-3/h7-10,13-14H,4-6,11-12H2,1-3H3. The monoisotopic (exact) mass is 415 g/mol. The molecule has 0 aliphatic rings. The second kappa shape index (κ2) is 9.89. The Bertz CT molecular complexity index is 921. The van der Waals surface area contributed by atoms with Gasteiger partial charge in [-0.1, -0.05) is 12.1 Å². The summed E-state index contributed by atoms with van der Waals surface area (Å²) in [5, 5.41) is 4.12. The first kappa shape index (κ1) is 20.6. The maximum Gasteiger partial charge on any atom is 0.223 e. The molecule has 2 aromatic heterocycles. The molecule has 0 atom stereocenters. The normalized spacial score (nSPS) is 11.0. The molecule has 0 saturated carbocycles. The van der Waals surface area contributed by atoms with Gasteiger partial charge in [-0.15, -0.1) is 23.1 Å². The number of amides is 1. The predicted octanol–water partition coefficient (Wildman–Crippen LogP) is 5.11. The highest BCUT2D eigenvalue weighted by atomic mass is 32.2. The number of benzene rings is 1. The highest BCUT2D eigenvalue weighted by Crippen LogP contribution is 2.38. The van der Waals surface area contributed by atoms with E-state index in [4.69, 9.17) is 4.74 Å². The minimum absolute atomic E-state index is 0.194. The van der Waals surface area contributed by atoms with Crippen molar-refractivity contribution in [1.29, 1.82) is 0 Å². The number of thioether (sulfide) groups is 1. The third-order valence-electron chi connectivity index (χ3n) is 4.48. The third kappa shape index (κ3) is 4.64. The second-order valence-corrected chi connectivity index (χ2v) is 8.07. The van der Waals surface area contributed by atoms with Gasteiger partial charge in [0.1, 0.15) is 21.9 Å². The van der Waals surface area contributed by atoms with E-state index in [0.29, 0.717) is 18.8 Å². The molecule has 1 aromatic carbocycles. The predicted molar refractivity (Wildman–Crippen MR) is 117 cm³/mol. The Labute approximate surface area is 174 Å². The smallest absolute Gasteiger partial charge is 0.223 e. The summed E-state index contributed by atoms with van der Waals surface area (Å²) < 4.78 is 5.54. The van der Waals surface area contributed by atoms with Crippen LogP contribution in [-0.2, 0) is 4.79 Å². The summed E-state index contributed by atoms with van der Waals surface area (Å²) >= 11 is 3.24. The largest absolute Gasteiger partial charge is 0.494 e. The van der Waals surface area contributed by atoms with Crippen molar-refractivity contribution in [3.8, 4) is 16.9 Å². The lowest BCUT2D eigenvalue weighted by molar-refractivity contribution is -0.130. The maximum atomic E-state index is 12.3. The molecule has 7 heteroatoms. The Hall–Kier alpha value is -2.12. The van der Waals surface area contributed by atoms with E-state index in [1.165, 1.54) is 0 Å². The van der Waals surface area contributed by atoms with Gasteiger partial charge in [-0.3, -0.25) is 4.79 Å². The van der Waals surface area contributed by atoms with Gasteiger partial charge in [0.15, 0.2) is 0 Å². The number of ether oxygens (including phenoxy) is 1. The second-order valence-electron chi connectivity index (χ2n) is 6.13. The van der Waals surface area contributed by atoms with Crippen molar-refractivity contribution in [2.45, 2.75) is 32.2 Å². The Morgan fingerprint density at radius 2 is 1.89 bits per heavy atom. The van der Waals surface area contributed by atoms with Crippen molar-refractivity contribution in [3.63, 3.8) is 0 Å². The molecule has 0 unspecified atom stereocenters. The summed E-state index contributed by atoms with van der Waals surface area (Å²) in [6.45, 7) is 8.16.